The summed E-state index contributed by atoms with van der Waals surface area (Å²) in [7, 11) is 2.16. The van der Waals surface area contributed by atoms with E-state index < -0.39 is 0 Å². The molecule has 1 N–H and O–H groups in total. The lowest BCUT2D eigenvalue weighted by Gasteiger charge is -2.56. The van der Waals surface area contributed by atoms with Crippen LogP contribution in [0.5, 0.6) is 0 Å². The van der Waals surface area contributed by atoms with Gasteiger partial charge in [-0.15, -0.1) is 0 Å². The molecule has 6 rings (SSSR count). The number of halogens is 1. The zero-order valence-electron chi connectivity index (χ0n) is 24.4. The first-order chi connectivity index (χ1) is 20.2. The Hall–Kier alpha value is -4.11. The van der Waals surface area contributed by atoms with Crippen molar-refractivity contribution in [2.45, 2.75) is 32.7 Å². The van der Waals surface area contributed by atoms with Gasteiger partial charge in [-0.2, -0.15) is 0 Å². The van der Waals surface area contributed by atoms with E-state index in [4.69, 9.17) is 0 Å². The van der Waals surface area contributed by atoms with Crippen LogP contribution in [-0.2, 0) is 4.79 Å². The Labute approximate surface area is 246 Å². The van der Waals surface area contributed by atoms with E-state index in [9.17, 15) is 14.0 Å². The van der Waals surface area contributed by atoms with Gasteiger partial charge < -0.3 is 20.0 Å². The van der Waals surface area contributed by atoms with E-state index in [-0.39, 0.29) is 23.7 Å². The molecule has 2 amide bonds. The molecule has 8 nitrogen and oxygen atoms in total. The molecule has 1 atom stereocenters. The number of piperazine rings is 1. The monoisotopic (exact) mass is 568 g/mol. The number of nitrogens with one attached hydrogen (secondary N) is 1. The van der Waals surface area contributed by atoms with Gasteiger partial charge in [0.25, 0.3) is 5.91 Å². The Bertz CT molecular complexity index is 1500. The first-order valence-electron chi connectivity index (χ1n) is 14.6. The lowest BCUT2D eigenvalue weighted by atomic mass is 9.59. The maximum absolute atomic E-state index is 13.7. The van der Waals surface area contributed by atoms with Gasteiger partial charge in [-0.1, -0.05) is 42.0 Å². The number of anilines is 1. The summed E-state index contributed by atoms with van der Waals surface area (Å²) in [4.78, 5) is 39.8. The quantitative estimate of drug-likeness (QED) is 0.478. The lowest BCUT2D eigenvalue weighted by Crippen LogP contribution is -2.58. The van der Waals surface area contributed by atoms with Gasteiger partial charge >= 0.3 is 0 Å². The number of benzene rings is 2. The average molecular weight is 569 g/mol. The van der Waals surface area contributed by atoms with Crippen molar-refractivity contribution in [1.29, 1.82) is 0 Å². The zero-order chi connectivity index (χ0) is 29.4. The van der Waals surface area contributed by atoms with Gasteiger partial charge in [0.2, 0.25) is 11.9 Å². The summed E-state index contributed by atoms with van der Waals surface area (Å²) in [6.45, 7) is 8.27. The van der Waals surface area contributed by atoms with Crippen LogP contribution in [0.4, 0.5) is 10.3 Å². The normalized spacial score (nSPS) is 18.7. The second kappa shape index (κ2) is 11.3. The molecule has 218 valence electrons. The topological polar surface area (TPSA) is 81.7 Å². The first-order valence-corrected chi connectivity index (χ1v) is 14.6. The fourth-order valence-corrected chi connectivity index (χ4v) is 6.69. The summed E-state index contributed by atoms with van der Waals surface area (Å²) in [6.07, 6.45) is 3.75. The molecule has 3 heterocycles. The molecule has 1 spiro atoms. The van der Waals surface area contributed by atoms with Gasteiger partial charge in [0.15, 0.2) is 0 Å². The van der Waals surface area contributed by atoms with Crippen LogP contribution >= 0.6 is 0 Å². The maximum atomic E-state index is 13.7. The number of aromatic nitrogens is 2. The molecular weight excluding hydrogens is 531 g/mol. The molecule has 42 heavy (non-hydrogen) atoms. The minimum atomic E-state index is -0.267. The molecule has 0 unspecified atom stereocenters. The second-order valence-corrected chi connectivity index (χ2v) is 12.1. The number of nitrogens with zero attached hydrogens (tertiary/aromatic N) is 5. The van der Waals surface area contributed by atoms with Crippen molar-refractivity contribution in [3.05, 3.63) is 94.6 Å². The van der Waals surface area contributed by atoms with Gasteiger partial charge in [0.1, 0.15) is 11.5 Å². The Morgan fingerprint density at radius 3 is 2.14 bits per heavy atom. The van der Waals surface area contributed by atoms with E-state index in [0.717, 1.165) is 42.6 Å². The van der Waals surface area contributed by atoms with Crippen LogP contribution in [0.3, 0.4) is 0 Å². The number of carbonyl (C=O) groups is 2. The molecule has 3 aromatic rings. The predicted molar refractivity (Wildman–Crippen MR) is 160 cm³/mol. The molecule has 9 heteroatoms. The van der Waals surface area contributed by atoms with Crippen molar-refractivity contribution in [3.63, 3.8) is 0 Å². The molecule has 0 bridgehead atoms. The van der Waals surface area contributed by atoms with Crippen molar-refractivity contribution in [2.24, 2.45) is 5.41 Å². The Morgan fingerprint density at radius 1 is 0.929 bits per heavy atom. The Kier molecular flexibility index (Phi) is 7.53. The van der Waals surface area contributed by atoms with E-state index in [1.807, 2.05) is 24.0 Å². The van der Waals surface area contributed by atoms with Crippen molar-refractivity contribution in [1.82, 2.24) is 25.1 Å². The van der Waals surface area contributed by atoms with Crippen LogP contribution in [0.25, 0.3) is 5.57 Å². The Morgan fingerprint density at radius 2 is 1.55 bits per heavy atom. The number of rotatable bonds is 6. The number of hydrogen-bond donors (Lipinski definition) is 1. The third-order valence-corrected chi connectivity index (χ3v) is 8.80. The van der Waals surface area contributed by atoms with E-state index in [1.54, 1.807) is 24.1 Å². The number of allylic oxidation sites excluding steroid dienone is 1. The molecule has 3 fully saturated rings. The fraction of sp³-hybridized carbons (Fsp3) is 0.394. The standard InChI is InChI=1S/C33H37FN6O2/c1-22(36-31(42)29-12-13-35-32(37-29)40-16-14-39(15-17-40)23(2)41)24-4-6-25(7-5-24)30(26-8-10-28(34)11-9-26)27-18-33(19-27)20-38(3)21-33/h4-13,22H,14-21H2,1-3H3,(H,36,42)/t22-/m1/s1. The third kappa shape index (κ3) is 5.66. The van der Waals surface area contributed by atoms with E-state index >= 15 is 0 Å². The van der Waals surface area contributed by atoms with Gasteiger partial charge in [0, 0.05) is 57.8 Å². The SMILES string of the molecule is CC(=O)N1CCN(c2nccc(C(=O)N[C@H](C)c3ccc(C(=C4CC5(C4)CN(C)C5)c4ccc(F)cc4)cc3)n2)CC1. The van der Waals surface area contributed by atoms with Crippen LogP contribution in [-0.4, -0.2) is 77.9 Å². The average Bonchev–Trinajstić information content (AvgIpc) is 2.96. The highest BCUT2D eigenvalue weighted by Gasteiger charge is 2.49. The highest BCUT2D eigenvalue weighted by Crippen LogP contribution is 2.54. The minimum Gasteiger partial charge on any atom is -0.344 e. The van der Waals surface area contributed by atoms with Crippen LogP contribution in [0.15, 0.2) is 66.4 Å². The molecule has 2 aromatic carbocycles. The summed E-state index contributed by atoms with van der Waals surface area (Å²) >= 11 is 0. The smallest absolute Gasteiger partial charge is 0.270 e. The highest BCUT2D eigenvalue weighted by atomic mass is 19.1. The summed E-state index contributed by atoms with van der Waals surface area (Å²) in [5.74, 6) is 0.0553. The number of carbonyl (C=O) groups excluding carboxylic acids is 2. The van der Waals surface area contributed by atoms with Crippen molar-refractivity contribution >= 4 is 23.3 Å². The molecule has 1 saturated carbocycles. The predicted octanol–water partition coefficient (Wildman–Crippen LogP) is 4.30. The third-order valence-electron chi connectivity index (χ3n) is 8.80. The van der Waals surface area contributed by atoms with Crippen molar-refractivity contribution < 1.29 is 14.0 Å². The summed E-state index contributed by atoms with van der Waals surface area (Å²) in [5, 5.41) is 3.07. The van der Waals surface area contributed by atoms with Gasteiger partial charge in [0.05, 0.1) is 6.04 Å². The Balaban J connectivity index is 1.14. The van der Waals surface area contributed by atoms with Gasteiger partial charge in [-0.3, -0.25) is 9.59 Å². The summed E-state index contributed by atoms with van der Waals surface area (Å²) < 4.78 is 13.7. The van der Waals surface area contributed by atoms with Crippen LogP contribution in [0.1, 0.15) is 59.9 Å². The molecule has 3 aliphatic rings. The largest absolute Gasteiger partial charge is 0.344 e. The van der Waals surface area contributed by atoms with Gasteiger partial charge in [-0.25, -0.2) is 14.4 Å². The van der Waals surface area contributed by atoms with Gasteiger partial charge in [-0.05, 0) is 67.3 Å². The molecular formula is C33H37FN6O2. The van der Waals surface area contributed by atoms with Crippen LogP contribution in [0.2, 0.25) is 0 Å². The number of amides is 2. The van der Waals surface area contributed by atoms with E-state index in [1.165, 1.54) is 23.3 Å². The number of likely N-dealkylation sites (tertiary alicyclic amines) is 1. The summed E-state index contributed by atoms with van der Waals surface area (Å²) in [5.41, 5.74) is 6.44. The molecule has 0 radical (unpaired) electrons. The molecule has 1 aliphatic carbocycles. The second-order valence-electron chi connectivity index (χ2n) is 12.1. The summed E-state index contributed by atoms with van der Waals surface area (Å²) in [6, 6.07) is 16.5. The van der Waals surface area contributed by atoms with Crippen LogP contribution in [0, 0.1) is 11.2 Å². The van der Waals surface area contributed by atoms with E-state index in [2.05, 4.69) is 51.5 Å². The molecule has 2 aliphatic heterocycles. The van der Waals surface area contributed by atoms with Crippen molar-refractivity contribution in [3.8, 4) is 0 Å². The number of hydrogen-bond acceptors (Lipinski definition) is 6. The van der Waals surface area contributed by atoms with Crippen LogP contribution < -0.4 is 10.2 Å². The molecule has 1 aromatic heterocycles. The molecule has 2 saturated heterocycles. The van der Waals surface area contributed by atoms with Crippen molar-refractivity contribution in [2.75, 3.05) is 51.2 Å². The van der Waals surface area contributed by atoms with E-state index in [0.29, 0.717) is 43.2 Å². The first kappa shape index (κ1) is 28.0. The zero-order valence-corrected chi connectivity index (χ0v) is 24.4. The minimum absolute atomic E-state index is 0.0622. The lowest BCUT2D eigenvalue weighted by molar-refractivity contribution is -0.129. The fourth-order valence-electron chi connectivity index (χ4n) is 6.69. The highest BCUT2D eigenvalue weighted by molar-refractivity contribution is 5.92. The maximum Gasteiger partial charge on any atom is 0.270 e.